The van der Waals surface area contributed by atoms with Crippen LogP contribution < -0.4 is 0 Å². The summed E-state index contributed by atoms with van der Waals surface area (Å²) in [5.41, 5.74) is -0.0177. The van der Waals surface area contributed by atoms with Gasteiger partial charge in [0.15, 0.2) is 5.69 Å². The van der Waals surface area contributed by atoms with Crippen LogP contribution >= 0.6 is 0 Å². The maximum atomic E-state index is 12.8. The molecule has 1 aromatic heterocycles. The van der Waals surface area contributed by atoms with E-state index in [1.807, 2.05) is 0 Å². The van der Waals surface area contributed by atoms with E-state index < -0.39 is 26.7 Å². The molecule has 1 saturated heterocycles. The minimum absolute atomic E-state index is 0.0200. The normalized spacial score (nSPS) is 15.4. The number of aromatic hydroxyl groups is 1. The SMILES string of the molecule is O=C(N=Nc1c(O)[nH]c2ccc([N+](=O)[O-])cc12)c1cccc(S(=O)(=O)N2CCOCC2)c1. The third kappa shape index (κ3) is 4.08. The molecule has 12 nitrogen and oxygen atoms in total. The van der Waals surface area contributed by atoms with Gasteiger partial charge in [0.2, 0.25) is 15.9 Å². The smallest absolute Gasteiger partial charge is 0.295 e. The molecule has 0 saturated carbocycles. The van der Waals surface area contributed by atoms with Gasteiger partial charge in [0.1, 0.15) is 0 Å². The lowest BCUT2D eigenvalue weighted by Crippen LogP contribution is -2.40. The van der Waals surface area contributed by atoms with Crippen LogP contribution in [0.5, 0.6) is 5.88 Å². The number of aromatic amines is 1. The highest BCUT2D eigenvalue weighted by Crippen LogP contribution is 2.37. The number of rotatable bonds is 5. The molecular formula is C19H17N5O7S. The Kier molecular flexibility index (Phi) is 5.69. The number of ether oxygens (including phenoxy) is 1. The summed E-state index contributed by atoms with van der Waals surface area (Å²) in [4.78, 5) is 25.5. The highest BCUT2D eigenvalue weighted by molar-refractivity contribution is 7.89. The van der Waals surface area contributed by atoms with Crippen LogP contribution in [-0.4, -0.2) is 59.9 Å². The number of hydrogen-bond acceptors (Lipinski definition) is 8. The number of fused-ring (bicyclic) bond motifs is 1. The zero-order valence-corrected chi connectivity index (χ0v) is 17.3. The third-order valence-corrected chi connectivity index (χ3v) is 6.77. The van der Waals surface area contributed by atoms with Gasteiger partial charge in [-0.1, -0.05) is 6.07 Å². The quantitative estimate of drug-likeness (QED) is 0.336. The molecular weight excluding hydrogens is 442 g/mol. The van der Waals surface area contributed by atoms with Gasteiger partial charge in [-0.3, -0.25) is 14.9 Å². The van der Waals surface area contributed by atoms with Crippen LogP contribution in [0, 0.1) is 10.1 Å². The fourth-order valence-corrected chi connectivity index (χ4v) is 4.70. The van der Waals surface area contributed by atoms with Gasteiger partial charge in [0.25, 0.3) is 11.6 Å². The Morgan fingerprint density at radius 2 is 1.94 bits per heavy atom. The van der Waals surface area contributed by atoms with Crippen molar-refractivity contribution in [1.29, 1.82) is 0 Å². The van der Waals surface area contributed by atoms with Gasteiger partial charge in [0.05, 0.1) is 28.5 Å². The lowest BCUT2D eigenvalue weighted by atomic mass is 10.2. The van der Waals surface area contributed by atoms with E-state index in [-0.39, 0.29) is 40.3 Å². The van der Waals surface area contributed by atoms with E-state index in [1.54, 1.807) is 0 Å². The van der Waals surface area contributed by atoms with E-state index in [1.165, 1.54) is 46.8 Å². The summed E-state index contributed by atoms with van der Waals surface area (Å²) in [6.07, 6.45) is 0. The average Bonchev–Trinajstić information content (AvgIpc) is 3.12. The van der Waals surface area contributed by atoms with E-state index in [4.69, 9.17) is 4.74 Å². The number of azo groups is 1. The number of aromatic nitrogens is 1. The maximum Gasteiger partial charge on any atom is 0.295 e. The molecule has 0 radical (unpaired) electrons. The monoisotopic (exact) mass is 459 g/mol. The lowest BCUT2D eigenvalue weighted by molar-refractivity contribution is -0.384. The van der Waals surface area contributed by atoms with Gasteiger partial charge in [-0.05, 0) is 24.3 Å². The summed E-state index contributed by atoms with van der Waals surface area (Å²) in [6, 6.07) is 9.23. The van der Waals surface area contributed by atoms with E-state index in [9.17, 15) is 28.4 Å². The molecule has 2 aromatic carbocycles. The molecule has 0 spiro atoms. The summed E-state index contributed by atoms with van der Waals surface area (Å²) in [7, 11) is -3.80. The highest BCUT2D eigenvalue weighted by Gasteiger charge is 2.27. The number of hydrogen-bond donors (Lipinski definition) is 2. The molecule has 0 bridgehead atoms. The zero-order valence-electron chi connectivity index (χ0n) is 16.5. The minimum Gasteiger partial charge on any atom is -0.493 e. The molecule has 1 aliphatic heterocycles. The van der Waals surface area contributed by atoms with Crippen molar-refractivity contribution in [2.24, 2.45) is 10.2 Å². The third-order valence-electron chi connectivity index (χ3n) is 4.88. The number of morpholine rings is 1. The Labute approximate surface area is 181 Å². The first kappa shape index (κ1) is 21.5. The van der Waals surface area contributed by atoms with E-state index in [2.05, 4.69) is 15.2 Å². The average molecular weight is 459 g/mol. The van der Waals surface area contributed by atoms with Gasteiger partial charge in [-0.15, -0.1) is 10.2 Å². The first-order chi connectivity index (χ1) is 15.3. The van der Waals surface area contributed by atoms with Crippen LogP contribution in [0.1, 0.15) is 10.4 Å². The Hall–Kier alpha value is -3.68. The molecule has 0 unspecified atom stereocenters. The topological polar surface area (TPSA) is 168 Å². The summed E-state index contributed by atoms with van der Waals surface area (Å²) in [5, 5.41) is 28.6. The Bertz CT molecular complexity index is 1340. The van der Waals surface area contributed by atoms with Crippen molar-refractivity contribution in [3.8, 4) is 5.88 Å². The van der Waals surface area contributed by atoms with Gasteiger partial charge in [0, 0.05) is 36.2 Å². The number of H-pyrrole nitrogens is 1. The van der Waals surface area contributed by atoms with Crippen molar-refractivity contribution in [2.45, 2.75) is 4.90 Å². The molecule has 2 N–H and O–H groups in total. The largest absolute Gasteiger partial charge is 0.493 e. The molecule has 32 heavy (non-hydrogen) atoms. The molecule has 3 aromatic rings. The van der Waals surface area contributed by atoms with Crippen molar-refractivity contribution < 1.29 is 28.0 Å². The van der Waals surface area contributed by atoms with Crippen molar-refractivity contribution in [1.82, 2.24) is 9.29 Å². The van der Waals surface area contributed by atoms with Crippen molar-refractivity contribution in [3.63, 3.8) is 0 Å². The number of carbonyl (C=O) groups excluding carboxylic acids is 1. The van der Waals surface area contributed by atoms with Crippen molar-refractivity contribution in [2.75, 3.05) is 26.3 Å². The van der Waals surface area contributed by atoms with Crippen molar-refractivity contribution in [3.05, 3.63) is 58.1 Å². The van der Waals surface area contributed by atoms with E-state index in [0.29, 0.717) is 18.7 Å². The molecule has 2 heterocycles. The summed E-state index contributed by atoms with van der Waals surface area (Å²) in [5.74, 6) is -1.26. The first-order valence-electron chi connectivity index (χ1n) is 9.40. The standard InChI is InChI=1S/C19H17N5O7S/c25-18(12-2-1-3-14(10-12)32(29,30)23-6-8-31-9-7-23)22-21-17-15-11-13(24(27)28)4-5-16(15)20-19(17)26/h1-5,10-11,20,26H,6-9H2. The molecule has 1 fully saturated rings. The number of sulfonamides is 1. The fourth-order valence-electron chi connectivity index (χ4n) is 3.25. The maximum absolute atomic E-state index is 12.8. The molecule has 1 aliphatic rings. The Balaban J connectivity index is 1.62. The van der Waals surface area contributed by atoms with Gasteiger partial charge in [-0.2, -0.15) is 4.31 Å². The predicted octanol–water partition coefficient (Wildman–Crippen LogP) is 2.73. The Morgan fingerprint density at radius 3 is 2.66 bits per heavy atom. The fraction of sp³-hybridized carbons (Fsp3) is 0.211. The Morgan fingerprint density at radius 1 is 1.19 bits per heavy atom. The van der Waals surface area contributed by atoms with Crippen LogP contribution in [0.25, 0.3) is 10.9 Å². The summed E-state index contributed by atoms with van der Waals surface area (Å²) >= 11 is 0. The number of carbonyl (C=O) groups is 1. The lowest BCUT2D eigenvalue weighted by Gasteiger charge is -2.26. The van der Waals surface area contributed by atoms with Crippen LogP contribution in [0.2, 0.25) is 0 Å². The zero-order chi connectivity index (χ0) is 22.9. The number of nitrogens with one attached hydrogen (secondary N) is 1. The number of non-ortho nitro benzene ring substituents is 1. The predicted molar refractivity (Wildman–Crippen MR) is 111 cm³/mol. The van der Waals surface area contributed by atoms with Gasteiger partial charge in [-0.25, -0.2) is 8.42 Å². The summed E-state index contributed by atoms with van der Waals surface area (Å²) < 4.78 is 32.0. The second kappa shape index (κ2) is 8.45. The van der Waals surface area contributed by atoms with Crippen LogP contribution in [0.15, 0.2) is 57.6 Å². The number of nitrogens with zero attached hydrogens (tertiary/aromatic N) is 4. The van der Waals surface area contributed by atoms with Crippen LogP contribution in [0.4, 0.5) is 11.4 Å². The van der Waals surface area contributed by atoms with E-state index in [0.717, 1.165) is 0 Å². The van der Waals surface area contributed by atoms with Crippen LogP contribution in [0.3, 0.4) is 0 Å². The molecule has 0 atom stereocenters. The number of amides is 1. The molecule has 13 heteroatoms. The molecule has 166 valence electrons. The second-order valence-electron chi connectivity index (χ2n) is 6.86. The number of nitro groups is 1. The molecule has 0 aliphatic carbocycles. The molecule has 4 rings (SSSR count). The highest BCUT2D eigenvalue weighted by atomic mass is 32.2. The van der Waals surface area contributed by atoms with Gasteiger partial charge < -0.3 is 14.8 Å². The van der Waals surface area contributed by atoms with Crippen LogP contribution in [-0.2, 0) is 14.8 Å². The minimum atomic E-state index is -3.80. The van der Waals surface area contributed by atoms with Gasteiger partial charge >= 0.3 is 0 Å². The van der Waals surface area contributed by atoms with E-state index >= 15 is 0 Å². The van der Waals surface area contributed by atoms with Crippen molar-refractivity contribution >= 4 is 38.2 Å². The molecule has 1 amide bonds. The summed E-state index contributed by atoms with van der Waals surface area (Å²) in [6.45, 7) is 1.01. The number of nitro benzene ring substituents is 1. The number of benzene rings is 2. The first-order valence-corrected chi connectivity index (χ1v) is 10.8. The second-order valence-corrected chi connectivity index (χ2v) is 8.80.